The van der Waals surface area contributed by atoms with Crippen molar-refractivity contribution in [2.45, 2.75) is 19.0 Å². The van der Waals surface area contributed by atoms with Crippen LogP contribution in [0.1, 0.15) is 12.0 Å². The molecular formula is C20H23FN4O. The Morgan fingerprint density at radius 3 is 2.50 bits per heavy atom. The van der Waals surface area contributed by atoms with Crippen molar-refractivity contribution >= 4 is 17.4 Å². The van der Waals surface area contributed by atoms with Gasteiger partial charge in [-0.05, 0) is 24.6 Å². The summed E-state index contributed by atoms with van der Waals surface area (Å²) in [6.45, 7) is 3.04. The molecule has 6 heteroatoms. The molecule has 0 aliphatic carbocycles. The molecule has 26 heavy (non-hydrogen) atoms. The maximum Gasteiger partial charge on any atom is 0.324 e. The smallest absolute Gasteiger partial charge is 0.324 e. The van der Waals surface area contributed by atoms with E-state index < -0.39 is 0 Å². The molecule has 1 atom stereocenters. The number of hydrogen-bond acceptors (Lipinski definition) is 3. The number of hydrogen-bond donors (Lipinski definition) is 1. The van der Waals surface area contributed by atoms with Gasteiger partial charge < -0.3 is 15.5 Å². The number of anilines is 2. The molecule has 2 heterocycles. The molecule has 0 unspecified atom stereocenters. The van der Waals surface area contributed by atoms with E-state index in [4.69, 9.17) is 5.73 Å². The highest BCUT2D eigenvalue weighted by molar-refractivity contribution is 5.97. The van der Waals surface area contributed by atoms with Crippen LogP contribution in [0.3, 0.4) is 0 Å². The maximum absolute atomic E-state index is 14.1. The minimum Gasteiger partial charge on any atom is -0.364 e. The third-order valence-corrected chi connectivity index (χ3v) is 5.15. The first kappa shape index (κ1) is 16.8. The lowest BCUT2D eigenvalue weighted by Crippen LogP contribution is -2.49. The van der Waals surface area contributed by atoms with Gasteiger partial charge in [-0.3, -0.25) is 4.90 Å². The summed E-state index contributed by atoms with van der Waals surface area (Å²) in [5, 5.41) is 0. The molecule has 0 spiro atoms. The number of likely N-dealkylation sites (tertiary alicyclic amines) is 1. The molecule has 0 bridgehead atoms. The fraction of sp³-hybridized carbons (Fsp3) is 0.350. The van der Waals surface area contributed by atoms with E-state index in [0.29, 0.717) is 38.3 Å². The summed E-state index contributed by atoms with van der Waals surface area (Å²) < 4.78 is 14.1. The molecule has 5 nitrogen and oxygen atoms in total. The van der Waals surface area contributed by atoms with Crippen LogP contribution in [0.4, 0.5) is 20.6 Å². The number of carbonyl (C=O) groups excluding carboxylic acids is 1. The van der Waals surface area contributed by atoms with Crippen LogP contribution in [0.5, 0.6) is 0 Å². The normalized spacial score (nSPS) is 19.6. The lowest BCUT2D eigenvalue weighted by molar-refractivity contribution is 0.214. The molecular weight excluding hydrogens is 331 g/mol. The molecule has 2 aliphatic rings. The van der Waals surface area contributed by atoms with Crippen molar-refractivity contribution < 1.29 is 9.18 Å². The largest absolute Gasteiger partial charge is 0.364 e. The van der Waals surface area contributed by atoms with Gasteiger partial charge in [-0.1, -0.05) is 30.3 Å². The second-order valence-electron chi connectivity index (χ2n) is 6.93. The predicted octanol–water partition coefficient (Wildman–Crippen LogP) is 2.81. The van der Waals surface area contributed by atoms with E-state index in [-0.39, 0.29) is 17.9 Å². The summed E-state index contributed by atoms with van der Waals surface area (Å²) in [6.07, 6.45) is 0.848. The number of nitrogens with two attached hydrogens (primary N) is 1. The van der Waals surface area contributed by atoms with Gasteiger partial charge in [0.2, 0.25) is 0 Å². The first-order valence-electron chi connectivity index (χ1n) is 9.03. The lowest BCUT2D eigenvalue weighted by Gasteiger charge is -2.39. The monoisotopic (exact) mass is 354 g/mol. The summed E-state index contributed by atoms with van der Waals surface area (Å²) in [7, 11) is 0. The third kappa shape index (κ3) is 3.12. The Bertz CT molecular complexity index is 812. The van der Waals surface area contributed by atoms with Gasteiger partial charge in [0.25, 0.3) is 0 Å². The van der Waals surface area contributed by atoms with Crippen molar-refractivity contribution in [3.8, 4) is 0 Å². The first-order valence-corrected chi connectivity index (χ1v) is 9.03. The average molecular weight is 354 g/mol. The van der Waals surface area contributed by atoms with Gasteiger partial charge in [-0.25, -0.2) is 9.18 Å². The van der Waals surface area contributed by atoms with Gasteiger partial charge >= 0.3 is 6.03 Å². The number of halogens is 1. The van der Waals surface area contributed by atoms with Gasteiger partial charge in [0.1, 0.15) is 5.82 Å². The second kappa shape index (κ2) is 6.96. The summed E-state index contributed by atoms with van der Waals surface area (Å²) in [4.78, 5) is 18.7. The molecule has 0 saturated carbocycles. The molecule has 2 aromatic carbocycles. The molecule has 2 aromatic rings. The van der Waals surface area contributed by atoms with E-state index in [1.165, 1.54) is 6.07 Å². The summed E-state index contributed by atoms with van der Waals surface area (Å²) in [5.74, 6) is -0.199. The highest BCUT2D eigenvalue weighted by Gasteiger charge is 2.32. The van der Waals surface area contributed by atoms with Gasteiger partial charge in [0, 0.05) is 44.3 Å². The SMILES string of the molecule is N[C@H]1CCN(C(=O)N2CCN(Cc3ccccc3F)c3ccccc32)C1. The zero-order valence-electron chi connectivity index (χ0n) is 14.6. The van der Waals surface area contributed by atoms with Crippen LogP contribution in [0.15, 0.2) is 48.5 Å². The number of carbonyl (C=O) groups is 1. The fourth-order valence-electron chi connectivity index (χ4n) is 3.75. The minimum atomic E-state index is -0.199. The zero-order valence-corrected chi connectivity index (χ0v) is 14.6. The molecule has 1 saturated heterocycles. The Hall–Kier alpha value is -2.60. The number of nitrogens with zero attached hydrogens (tertiary/aromatic N) is 3. The van der Waals surface area contributed by atoms with Crippen LogP contribution in [0.2, 0.25) is 0 Å². The average Bonchev–Trinajstić information content (AvgIpc) is 3.10. The highest BCUT2D eigenvalue weighted by Crippen LogP contribution is 2.34. The number of benzene rings is 2. The fourth-order valence-corrected chi connectivity index (χ4v) is 3.75. The van der Waals surface area contributed by atoms with Gasteiger partial charge in [-0.2, -0.15) is 0 Å². The lowest BCUT2D eigenvalue weighted by atomic mass is 10.1. The van der Waals surface area contributed by atoms with E-state index in [1.807, 2.05) is 40.1 Å². The summed E-state index contributed by atoms with van der Waals surface area (Å²) in [5.41, 5.74) is 8.45. The van der Waals surface area contributed by atoms with E-state index in [1.54, 1.807) is 12.1 Å². The van der Waals surface area contributed by atoms with Crippen molar-refractivity contribution in [2.24, 2.45) is 5.73 Å². The van der Waals surface area contributed by atoms with Gasteiger partial charge in [0.15, 0.2) is 0 Å². The Morgan fingerprint density at radius 1 is 1.04 bits per heavy atom. The van der Waals surface area contributed by atoms with Crippen LogP contribution in [0.25, 0.3) is 0 Å². The van der Waals surface area contributed by atoms with Crippen molar-refractivity contribution in [3.05, 3.63) is 59.9 Å². The van der Waals surface area contributed by atoms with Gasteiger partial charge in [0.05, 0.1) is 11.4 Å². The number of amides is 2. The van der Waals surface area contributed by atoms with Crippen LogP contribution < -0.4 is 15.5 Å². The van der Waals surface area contributed by atoms with E-state index in [2.05, 4.69) is 4.90 Å². The van der Waals surface area contributed by atoms with Crippen molar-refractivity contribution in [3.63, 3.8) is 0 Å². The molecule has 0 aromatic heterocycles. The highest BCUT2D eigenvalue weighted by atomic mass is 19.1. The topological polar surface area (TPSA) is 52.8 Å². The molecule has 1 fully saturated rings. The molecule has 2 N–H and O–H groups in total. The molecule has 2 aliphatic heterocycles. The number of para-hydroxylation sites is 2. The van der Waals surface area contributed by atoms with E-state index in [9.17, 15) is 9.18 Å². The second-order valence-corrected chi connectivity index (χ2v) is 6.93. The standard InChI is InChI=1S/C20H23FN4O/c21-17-6-2-1-5-15(17)13-23-11-12-25(19-8-4-3-7-18(19)23)20(26)24-10-9-16(22)14-24/h1-8,16H,9-14,22H2/t16-/m0/s1. The first-order chi connectivity index (χ1) is 12.6. The third-order valence-electron chi connectivity index (χ3n) is 5.15. The van der Waals surface area contributed by atoms with Crippen LogP contribution >= 0.6 is 0 Å². The quantitative estimate of drug-likeness (QED) is 0.902. The Labute approximate surface area is 152 Å². The van der Waals surface area contributed by atoms with Crippen LogP contribution in [-0.4, -0.2) is 43.2 Å². The Morgan fingerprint density at radius 2 is 1.77 bits per heavy atom. The summed E-state index contributed by atoms with van der Waals surface area (Å²) in [6, 6.07) is 14.7. The summed E-state index contributed by atoms with van der Waals surface area (Å²) >= 11 is 0. The zero-order chi connectivity index (χ0) is 18.1. The Kier molecular flexibility index (Phi) is 4.51. The van der Waals surface area contributed by atoms with Crippen molar-refractivity contribution in [2.75, 3.05) is 36.0 Å². The number of fused-ring (bicyclic) bond motifs is 1. The number of urea groups is 1. The van der Waals surface area contributed by atoms with Crippen LogP contribution in [-0.2, 0) is 6.54 Å². The molecule has 4 rings (SSSR count). The van der Waals surface area contributed by atoms with Crippen molar-refractivity contribution in [1.82, 2.24) is 4.90 Å². The molecule has 136 valence electrons. The number of rotatable bonds is 2. The maximum atomic E-state index is 14.1. The molecule has 0 radical (unpaired) electrons. The molecule has 2 amide bonds. The minimum absolute atomic E-state index is 0.0101. The van der Waals surface area contributed by atoms with E-state index in [0.717, 1.165) is 17.8 Å². The van der Waals surface area contributed by atoms with Crippen LogP contribution in [0, 0.1) is 5.82 Å². The van der Waals surface area contributed by atoms with Gasteiger partial charge in [-0.15, -0.1) is 0 Å². The predicted molar refractivity (Wildman–Crippen MR) is 101 cm³/mol. The Balaban J connectivity index is 1.59. The van der Waals surface area contributed by atoms with E-state index >= 15 is 0 Å². The van der Waals surface area contributed by atoms with Crippen molar-refractivity contribution in [1.29, 1.82) is 0 Å².